The largest absolute Gasteiger partial charge is 0.354 e. The molecular formula is C6H7N3O. The minimum atomic E-state index is -1.17. The van der Waals surface area contributed by atoms with Crippen molar-refractivity contribution in [3.63, 3.8) is 0 Å². The van der Waals surface area contributed by atoms with Crippen molar-refractivity contribution < 1.29 is 4.79 Å². The molecule has 0 spiro atoms. The number of carbonyl (C=O) groups is 1. The molecule has 1 N–H and O–H groups in total. The smallest absolute Gasteiger partial charge is 0.251 e. The topological polar surface area (TPSA) is 76.7 Å². The third-order valence-electron chi connectivity index (χ3n) is 0.871. The Bertz CT molecular complexity index is 184. The summed E-state index contributed by atoms with van der Waals surface area (Å²) in [5, 5.41) is 18.7. The van der Waals surface area contributed by atoms with Crippen LogP contribution in [-0.2, 0) is 4.79 Å². The summed E-state index contributed by atoms with van der Waals surface area (Å²) in [5.74, 6) is -1.69. The van der Waals surface area contributed by atoms with Gasteiger partial charge in [-0.05, 0) is 6.92 Å². The molecule has 0 aromatic heterocycles. The lowest BCUT2D eigenvalue weighted by atomic mass is 10.2. The number of nitrogens with one attached hydrogen (secondary N) is 1. The van der Waals surface area contributed by atoms with Crippen LogP contribution in [0.5, 0.6) is 0 Å². The molecule has 0 aromatic rings. The van der Waals surface area contributed by atoms with Gasteiger partial charge in [0.2, 0.25) is 5.92 Å². The first-order valence-corrected chi connectivity index (χ1v) is 2.83. The Hall–Kier alpha value is -1.55. The van der Waals surface area contributed by atoms with E-state index in [1.165, 1.54) is 0 Å². The second-order valence-electron chi connectivity index (χ2n) is 1.59. The summed E-state index contributed by atoms with van der Waals surface area (Å²) in [6.45, 7) is 2.17. The van der Waals surface area contributed by atoms with Crippen LogP contribution in [-0.4, -0.2) is 12.5 Å². The summed E-state index contributed by atoms with van der Waals surface area (Å²) in [4.78, 5) is 10.6. The second kappa shape index (κ2) is 4.34. The Morgan fingerprint density at radius 2 is 2.10 bits per heavy atom. The van der Waals surface area contributed by atoms with Crippen LogP contribution in [0.3, 0.4) is 0 Å². The third kappa shape index (κ3) is 2.15. The lowest BCUT2D eigenvalue weighted by molar-refractivity contribution is -0.121. The highest BCUT2D eigenvalue weighted by Gasteiger charge is 2.14. The van der Waals surface area contributed by atoms with E-state index < -0.39 is 11.8 Å². The summed E-state index contributed by atoms with van der Waals surface area (Å²) in [7, 11) is 0. The highest BCUT2D eigenvalue weighted by Crippen LogP contribution is 1.89. The zero-order valence-corrected chi connectivity index (χ0v) is 5.59. The first-order chi connectivity index (χ1) is 4.76. The van der Waals surface area contributed by atoms with Crippen molar-refractivity contribution in [1.82, 2.24) is 5.32 Å². The quantitative estimate of drug-likeness (QED) is 0.571. The minimum Gasteiger partial charge on any atom is -0.354 e. The molecule has 0 heterocycles. The first kappa shape index (κ1) is 8.45. The standard InChI is InChI=1S/C6H7N3O/c1-2-9-6(10)5(3-7)4-8/h5H,2H2,1H3,(H,9,10). The van der Waals surface area contributed by atoms with E-state index in [1.807, 2.05) is 0 Å². The van der Waals surface area contributed by atoms with Gasteiger partial charge in [0.05, 0.1) is 12.1 Å². The summed E-state index contributed by atoms with van der Waals surface area (Å²) < 4.78 is 0. The molecule has 0 aliphatic rings. The van der Waals surface area contributed by atoms with E-state index >= 15 is 0 Å². The van der Waals surface area contributed by atoms with E-state index in [0.717, 1.165) is 0 Å². The molecule has 0 saturated heterocycles. The van der Waals surface area contributed by atoms with Gasteiger partial charge in [-0.3, -0.25) is 4.79 Å². The van der Waals surface area contributed by atoms with E-state index in [-0.39, 0.29) is 0 Å². The van der Waals surface area contributed by atoms with Crippen LogP contribution in [0.4, 0.5) is 0 Å². The highest BCUT2D eigenvalue weighted by molar-refractivity contribution is 5.83. The average Bonchev–Trinajstić information content (AvgIpc) is 1.91. The molecule has 0 aromatic carbocycles. The van der Waals surface area contributed by atoms with Crippen LogP contribution in [0, 0.1) is 28.6 Å². The van der Waals surface area contributed by atoms with Crippen LogP contribution in [0.1, 0.15) is 6.92 Å². The molecule has 4 heteroatoms. The van der Waals surface area contributed by atoms with Crippen molar-refractivity contribution >= 4 is 5.91 Å². The zero-order chi connectivity index (χ0) is 7.98. The Morgan fingerprint density at radius 1 is 1.60 bits per heavy atom. The predicted molar refractivity (Wildman–Crippen MR) is 33.4 cm³/mol. The molecule has 0 aliphatic heterocycles. The van der Waals surface area contributed by atoms with Crippen LogP contribution in [0.15, 0.2) is 0 Å². The molecule has 0 fully saturated rings. The Labute approximate surface area is 59.1 Å². The van der Waals surface area contributed by atoms with Gasteiger partial charge in [-0.25, -0.2) is 0 Å². The maximum absolute atomic E-state index is 10.6. The lowest BCUT2D eigenvalue weighted by Crippen LogP contribution is -2.28. The van der Waals surface area contributed by atoms with E-state index in [9.17, 15) is 4.79 Å². The molecule has 0 atom stereocenters. The second-order valence-corrected chi connectivity index (χ2v) is 1.59. The fraction of sp³-hybridized carbons (Fsp3) is 0.500. The van der Waals surface area contributed by atoms with Crippen molar-refractivity contribution in [2.24, 2.45) is 5.92 Å². The van der Waals surface area contributed by atoms with E-state index in [4.69, 9.17) is 10.5 Å². The number of hydrogen-bond donors (Lipinski definition) is 1. The van der Waals surface area contributed by atoms with Crippen molar-refractivity contribution in [3.8, 4) is 12.1 Å². The Balaban J connectivity index is 3.96. The maximum atomic E-state index is 10.6. The number of nitrogens with zero attached hydrogens (tertiary/aromatic N) is 2. The molecule has 4 nitrogen and oxygen atoms in total. The number of amides is 1. The van der Waals surface area contributed by atoms with E-state index in [1.54, 1.807) is 19.1 Å². The number of hydrogen-bond acceptors (Lipinski definition) is 3. The first-order valence-electron chi connectivity index (χ1n) is 2.83. The summed E-state index contributed by atoms with van der Waals surface area (Å²) in [5.41, 5.74) is 0. The number of rotatable bonds is 2. The normalized spacial score (nSPS) is 8.00. The van der Waals surface area contributed by atoms with Gasteiger partial charge in [-0.2, -0.15) is 10.5 Å². The van der Waals surface area contributed by atoms with Crippen molar-refractivity contribution in [2.75, 3.05) is 6.54 Å². The zero-order valence-electron chi connectivity index (χ0n) is 5.59. The predicted octanol–water partition coefficient (Wildman–Crippen LogP) is -0.214. The van der Waals surface area contributed by atoms with Gasteiger partial charge in [-0.1, -0.05) is 0 Å². The summed E-state index contributed by atoms with van der Waals surface area (Å²) in [6.07, 6.45) is 0. The lowest BCUT2D eigenvalue weighted by Gasteiger charge is -1.98. The monoisotopic (exact) mass is 137 g/mol. The maximum Gasteiger partial charge on any atom is 0.251 e. The van der Waals surface area contributed by atoms with Crippen molar-refractivity contribution in [1.29, 1.82) is 10.5 Å². The van der Waals surface area contributed by atoms with E-state index in [2.05, 4.69) is 5.32 Å². The number of nitriles is 2. The van der Waals surface area contributed by atoms with Crippen molar-refractivity contribution in [3.05, 3.63) is 0 Å². The molecule has 0 unspecified atom stereocenters. The van der Waals surface area contributed by atoms with Gasteiger partial charge in [-0.15, -0.1) is 0 Å². The third-order valence-corrected chi connectivity index (χ3v) is 0.871. The molecule has 0 aliphatic carbocycles. The number of carbonyl (C=O) groups excluding carboxylic acids is 1. The minimum absolute atomic E-state index is 0.443. The van der Waals surface area contributed by atoms with Crippen LogP contribution < -0.4 is 5.32 Å². The highest BCUT2D eigenvalue weighted by atomic mass is 16.1. The molecule has 52 valence electrons. The molecule has 0 saturated carbocycles. The van der Waals surface area contributed by atoms with Crippen molar-refractivity contribution in [2.45, 2.75) is 6.92 Å². The van der Waals surface area contributed by atoms with Gasteiger partial charge >= 0.3 is 0 Å². The van der Waals surface area contributed by atoms with Crippen LogP contribution in [0.2, 0.25) is 0 Å². The van der Waals surface area contributed by atoms with Crippen LogP contribution >= 0.6 is 0 Å². The van der Waals surface area contributed by atoms with Gasteiger partial charge < -0.3 is 5.32 Å². The summed E-state index contributed by atoms with van der Waals surface area (Å²) in [6, 6.07) is 3.13. The molecule has 10 heavy (non-hydrogen) atoms. The van der Waals surface area contributed by atoms with Gasteiger partial charge in [0.15, 0.2) is 0 Å². The molecule has 0 bridgehead atoms. The Kier molecular flexibility index (Phi) is 3.67. The molecule has 0 rings (SSSR count). The average molecular weight is 137 g/mol. The fourth-order valence-corrected chi connectivity index (χ4v) is 0.422. The Morgan fingerprint density at radius 3 is 2.40 bits per heavy atom. The summed E-state index contributed by atoms with van der Waals surface area (Å²) >= 11 is 0. The SMILES string of the molecule is CCNC(=O)C(C#N)C#N. The molecule has 0 radical (unpaired) electrons. The fourth-order valence-electron chi connectivity index (χ4n) is 0.422. The van der Waals surface area contributed by atoms with Crippen LogP contribution in [0.25, 0.3) is 0 Å². The van der Waals surface area contributed by atoms with E-state index in [0.29, 0.717) is 6.54 Å². The van der Waals surface area contributed by atoms with Gasteiger partial charge in [0, 0.05) is 6.54 Å². The molecule has 1 amide bonds. The van der Waals surface area contributed by atoms with Gasteiger partial charge in [0.25, 0.3) is 5.91 Å². The molecular weight excluding hydrogens is 130 g/mol. The van der Waals surface area contributed by atoms with Gasteiger partial charge in [0.1, 0.15) is 0 Å².